The molecule has 2 aromatic carbocycles. The van der Waals surface area contributed by atoms with Gasteiger partial charge in [-0.3, -0.25) is 9.78 Å². The summed E-state index contributed by atoms with van der Waals surface area (Å²) >= 11 is 0. The standard InChI is InChI=1S/C26H27N3O3S/c1-19(25-11-4-5-15-27-25)29(23-12-13-23)26(30)21-9-6-10-24(17-21)33(31,32)28-16-14-20-7-2-3-8-22(20)18-28/h2-11,15,17,19,23H,12-14,16,18H2,1H3. The lowest BCUT2D eigenvalue weighted by molar-refractivity contribution is 0.0670. The number of hydrogen-bond donors (Lipinski definition) is 0. The fourth-order valence-electron chi connectivity index (χ4n) is 4.54. The quantitative estimate of drug-likeness (QED) is 0.552. The second-order valence-corrected chi connectivity index (χ2v) is 10.7. The number of fused-ring (bicyclic) bond motifs is 1. The lowest BCUT2D eigenvalue weighted by Crippen LogP contribution is -2.37. The van der Waals surface area contributed by atoms with Crippen LogP contribution < -0.4 is 0 Å². The average Bonchev–Trinajstić information content (AvgIpc) is 3.69. The zero-order chi connectivity index (χ0) is 23.0. The van der Waals surface area contributed by atoms with Crippen LogP contribution in [0.15, 0.2) is 77.8 Å². The molecule has 0 N–H and O–H groups in total. The second kappa shape index (κ2) is 8.72. The maximum absolute atomic E-state index is 13.5. The minimum atomic E-state index is -3.71. The van der Waals surface area contributed by atoms with E-state index in [0.29, 0.717) is 25.1 Å². The van der Waals surface area contributed by atoms with Gasteiger partial charge in [-0.05, 0) is 67.6 Å². The Morgan fingerprint density at radius 3 is 2.52 bits per heavy atom. The number of rotatable bonds is 6. The van der Waals surface area contributed by atoms with Gasteiger partial charge in [-0.25, -0.2) is 8.42 Å². The van der Waals surface area contributed by atoms with Crippen LogP contribution in [0.4, 0.5) is 0 Å². The van der Waals surface area contributed by atoms with Crippen LogP contribution in [0.25, 0.3) is 0 Å². The van der Waals surface area contributed by atoms with Crippen LogP contribution in [0.3, 0.4) is 0 Å². The van der Waals surface area contributed by atoms with Gasteiger partial charge in [-0.15, -0.1) is 0 Å². The molecule has 1 saturated carbocycles. The molecule has 0 bridgehead atoms. The van der Waals surface area contributed by atoms with Crippen molar-refractivity contribution in [2.75, 3.05) is 6.54 Å². The Labute approximate surface area is 194 Å². The second-order valence-electron chi connectivity index (χ2n) is 8.76. The first kappa shape index (κ1) is 21.8. The molecule has 0 spiro atoms. The number of nitrogens with zero attached hydrogens (tertiary/aromatic N) is 3. The van der Waals surface area contributed by atoms with Crippen molar-refractivity contribution in [1.29, 1.82) is 0 Å². The SMILES string of the molecule is CC(c1ccccn1)N(C(=O)c1cccc(S(=O)(=O)N2CCc3ccccc3C2)c1)C1CC1. The predicted molar refractivity (Wildman–Crippen MR) is 126 cm³/mol. The zero-order valence-corrected chi connectivity index (χ0v) is 19.4. The molecule has 1 aromatic heterocycles. The molecular formula is C26H27N3O3S. The maximum Gasteiger partial charge on any atom is 0.254 e. The Hall–Kier alpha value is -3.03. The van der Waals surface area contributed by atoms with Crippen LogP contribution in [0.5, 0.6) is 0 Å². The molecule has 7 heteroatoms. The first-order valence-electron chi connectivity index (χ1n) is 11.4. The van der Waals surface area contributed by atoms with Crippen molar-refractivity contribution in [3.63, 3.8) is 0 Å². The van der Waals surface area contributed by atoms with Crippen molar-refractivity contribution in [2.24, 2.45) is 0 Å². The first-order valence-corrected chi connectivity index (χ1v) is 12.8. The minimum Gasteiger partial charge on any atom is -0.327 e. The molecule has 1 atom stereocenters. The van der Waals surface area contributed by atoms with Crippen molar-refractivity contribution < 1.29 is 13.2 Å². The summed E-state index contributed by atoms with van der Waals surface area (Å²) < 4.78 is 28.4. The number of carbonyl (C=O) groups is 1. The van der Waals surface area contributed by atoms with Gasteiger partial charge in [0.15, 0.2) is 0 Å². The van der Waals surface area contributed by atoms with Gasteiger partial charge in [0.2, 0.25) is 10.0 Å². The summed E-state index contributed by atoms with van der Waals surface area (Å²) in [5, 5.41) is 0. The van der Waals surface area contributed by atoms with Gasteiger partial charge in [-0.1, -0.05) is 36.4 Å². The molecular weight excluding hydrogens is 434 g/mol. The predicted octanol–water partition coefficient (Wildman–Crippen LogP) is 4.19. The van der Waals surface area contributed by atoms with E-state index in [4.69, 9.17) is 0 Å². The van der Waals surface area contributed by atoms with Crippen molar-refractivity contribution in [1.82, 2.24) is 14.2 Å². The molecule has 5 rings (SSSR count). The summed E-state index contributed by atoms with van der Waals surface area (Å²) in [7, 11) is -3.71. The summed E-state index contributed by atoms with van der Waals surface area (Å²) in [6.07, 6.45) is 4.32. The van der Waals surface area contributed by atoms with Gasteiger partial charge in [0.25, 0.3) is 5.91 Å². The Morgan fingerprint density at radius 1 is 1.03 bits per heavy atom. The van der Waals surface area contributed by atoms with E-state index < -0.39 is 10.0 Å². The molecule has 6 nitrogen and oxygen atoms in total. The number of hydrogen-bond acceptors (Lipinski definition) is 4. The number of amides is 1. The van der Waals surface area contributed by atoms with Crippen LogP contribution in [0.1, 0.15) is 53.0 Å². The van der Waals surface area contributed by atoms with Crippen molar-refractivity contribution in [2.45, 2.75) is 49.7 Å². The highest BCUT2D eigenvalue weighted by molar-refractivity contribution is 7.89. The summed E-state index contributed by atoms with van der Waals surface area (Å²) in [5.41, 5.74) is 3.44. The minimum absolute atomic E-state index is 0.156. The van der Waals surface area contributed by atoms with Crippen LogP contribution >= 0.6 is 0 Å². The Kier molecular flexibility index (Phi) is 5.76. The Morgan fingerprint density at radius 2 is 1.79 bits per heavy atom. The lowest BCUT2D eigenvalue weighted by atomic mass is 10.0. The van der Waals surface area contributed by atoms with E-state index in [-0.39, 0.29) is 22.9 Å². The van der Waals surface area contributed by atoms with E-state index in [1.807, 2.05) is 54.3 Å². The summed E-state index contributed by atoms with van der Waals surface area (Å²) in [5.74, 6) is -0.156. The van der Waals surface area contributed by atoms with Crippen LogP contribution in [0, 0.1) is 0 Å². The van der Waals surface area contributed by atoms with E-state index in [9.17, 15) is 13.2 Å². The van der Waals surface area contributed by atoms with Gasteiger partial charge in [0.1, 0.15) is 0 Å². The maximum atomic E-state index is 13.5. The molecule has 170 valence electrons. The number of carbonyl (C=O) groups excluding carboxylic acids is 1. The fourth-order valence-corrected chi connectivity index (χ4v) is 6.00. The third-order valence-corrected chi connectivity index (χ3v) is 8.36. The van der Waals surface area contributed by atoms with Crippen LogP contribution in [-0.4, -0.2) is 41.1 Å². The van der Waals surface area contributed by atoms with E-state index in [2.05, 4.69) is 4.98 Å². The van der Waals surface area contributed by atoms with E-state index in [1.165, 1.54) is 15.9 Å². The van der Waals surface area contributed by atoms with Crippen molar-refractivity contribution >= 4 is 15.9 Å². The van der Waals surface area contributed by atoms with E-state index in [0.717, 1.165) is 24.1 Å². The summed E-state index contributed by atoms with van der Waals surface area (Å²) in [6, 6.07) is 20.1. The summed E-state index contributed by atoms with van der Waals surface area (Å²) in [4.78, 5) is 20.0. The molecule has 1 aliphatic heterocycles. The van der Waals surface area contributed by atoms with Gasteiger partial charge in [0, 0.05) is 30.9 Å². The van der Waals surface area contributed by atoms with Gasteiger partial charge >= 0.3 is 0 Å². The largest absolute Gasteiger partial charge is 0.327 e. The van der Waals surface area contributed by atoms with E-state index >= 15 is 0 Å². The third-order valence-electron chi connectivity index (χ3n) is 6.52. The number of aromatic nitrogens is 1. The Balaban J connectivity index is 1.42. The molecule has 2 aliphatic rings. The lowest BCUT2D eigenvalue weighted by Gasteiger charge is -2.30. The number of benzene rings is 2. The fraction of sp³-hybridized carbons (Fsp3) is 0.308. The molecule has 1 aliphatic carbocycles. The smallest absolute Gasteiger partial charge is 0.254 e. The van der Waals surface area contributed by atoms with Crippen LogP contribution in [-0.2, 0) is 23.0 Å². The normalized spacial score (nSPS) is 17.2. The highest BCUT2D eigenvalue weighted by Crippen LogP contribution is 2.35. The topological polar surface area (TPSA) is 70.6 Å². The van der Waals surface area contributed by atoms with Crippen LogP contribution in [0.2, 0.25) is 0 Å². The van der Waals surface area contributed by atoms with E-state index in [1.54, 1.807) is 24.4 Å². The Bertz CT molecular complexity index is 1270. The highest BCUT2D eigenvalue weighted by Gasteiger charge is 2.37. The zero-order valence-electron chi connectivity index (χ0n) is 18.6. The molecule has 0 saturated heterocycles. The number of sulfonamides is 1. The molecule has 3 aromatic rings. The van der Waals surface area contributed by atoms with Gasteiger partial charge in [0.05, 0.1) is 16.6 Å². The monoisotopic (exact) mass is 461 g/mol. The molecule has 0 radical (unpaired) electrons. The third kappa shape index (κ3) is 4.30. The van der Waals surface area contributed by atoms with Gasteiger partial charge in [-0.2, -0.15) is 4.31 Å². The average molecular weight is 462 g/mol. The molecule has 33 heavy (non-hydrogen) atoms. The summed E-state index contributed by atoms with van der Waals surface area (Å²) in [6.45, 7) is 2.76. The first-order chi connectivity index (χ1) is 15.9. The van der Waals surface area contributed by atoms with Crippen molar-refractivity contribution in [3.8, 4) is 0 Å². The number of pyridine rings is 1. The molecule has 2 heterocycles. The van der Waals surface area contributed by atoms with Crippen molar-refractivity contribution in [3.05, 3.63) is 95.3 Å². The molecule has 1 amide bonds. The highest BCUT2D eigenvalue weighted by atomic mass is 32.2. The molecule has 1 fully saturated rings. The molecule has 1 unspecified atom stereocenters. The van der Waals surface area contributed by atoms with Gasteiger partial charge < -0.3 is 4.90 Å².